The monoisotopic (exact) mass is 307 g/mol. The Morgan fingerprint density at radius 1 is 1.19 bits per heavy atom. The molecule has 0 fully saturated rings. The third kappa shape index (κ3) is 3.96. The van der Waals surface area contributed by atoms with Gasteiger partial charge in [0.2, 0.25) is 0 Å². The lowest BCUT2D eigenvalue weighted by Gasteiger charge is -2.20. The molecule has 0 heterocycles. The maximum absolute atomic E-state index is 14.3. The third-order valence-electron chi connectivity index (χ3n) is 3.32. The van der Waals surface area contributed by atoms with Crippen LogP contribution in [0.1, 0.15) is 30.5 Å². The van der Waals surface area contributed by atoms with E-state index in [9.17, 15) is 4.39 Å². The van der Waals surface area contributed by atoms with E-state index in [4.69, 9.17) is 16.3 Å². The maximum atomic E-state index is 14.3. The molecule has 0 bridgehead atoms. The van der Waals surface area contributed by atoms with Crippen LogP contribution in [0.25, 0.3) is 0 Å². The summed E-state index contributed by atoms with van der Waals surface area (Å²) in [5, 5.41) is 4.05. The van der Waals surface area contributed by atoms with E-state index in [2.05, 4.69) is 12.2 Å². The van der Waals surface area contributed by atoms with Crippen LogP contribution in [0, 0.1) is 5.82 Å². The Bertz CT molecular complexity index is 586. The smallest absolute Gasteiger partial charge is 0.132 e. The van der Waals surface area contributed by atoms with Crippen molar-refractivity contribution < 1.29 is 9.13 Å². The Hall–Kier alpha value is -1.58. The first-order valence-electron chi connectivity index (χ1n) is 6.98. The molecule has 1 N–H and O–H groups in total. The second-order valence-corrected chi connectivity index (χ2v) is 5.26. The van der Waals surface area contributed by atoms with Gasteiger partial charge in [0, 0.05) is 16.7 Å². The van der Waals surface area contributed by atoms with Crippen LogP contribution in [0.2, 0.25) is 5.02 Å². The quantitative estimate of drug-likeness (QED) is 0.843. The van der Waals surface area contributed by atoms with E-state index < -0.39 is 0 Å². The van der Waals surface area contributed by atoms with Gasteiger partial charge < -0.3 is 10.1 Å². The summed E-state index contributed by atoms with van der Waals surface area (Å²) < 4.78 is 19.4. The van der Waals surface area contributed by atoms with Gasteiger partial charge in [0.25, 0.3) is 0 Å². The molecule has 0 saturated heterocycles. The highest BCUT2D eigenvalue weighted by Crippen LogP contribution is 2.28. The highest BCUT2D eigenvalue weighted by Gasteiger charge is 2.17. The fraction of sp³-hybridized carbons (Fsp3) is 0.294. The summed E-state index contributed by atoms with van der Waals surface area (Å²) in [6.07, 6.45) is 0.974. The average Bonchev–Trinajstić information content (AvgIpc) is 2.50. The molecule has 21 heavy (non-hydrogen) atoms. The Morgan fingerprint density at radius 2 is 1.90 bits per heavy atom. The minimum absolute atomic E-state index is 0.201. The molecule has 1 unspecified atom stereocenters. The first-order valence-corrected chi connectivity index (χ1v) is 7.35. The molecular weight excluding hydrogens is 289 g/mol. The standard InChI is InChI=1S/C17H19ClFNO/c1-3-10-20-17(12-4-6-13(18)7-5-12)15-9-8-14(21-2)11-16(15)19/h4-9,11,17,20H,3,10H2,1-2H3. The van der Waals surface area contributed by atoms with Gasteiger partial charge in [-0.05, 0) is 36.7 Å². The van der Waals surface area contributed by atoms with Crippen molar-refractivity contribution in [2.75, 3.05) is 13.7 Å². The second kappa shape index (κ2) is 7.43. The van der Waals surface area contributed by atoms with E-state index in [-0.39, 0.29) is 11.9 Å². The normalized spacial score (nSPS) is 12.2. The molecule has 2 aromatic carbocycles. The predicted molar refractivity (Wildman–Crippen MR) is 84.5 cm³/mol. The van der Waals surface area contributed by atoms with Gasteiger partial charge in [-0.25, -0.2) is 4.39 Å². The van der Waals surface area contributed by atoms with Gasteiger partial charge >= 0.3 is 0 Å². The molecule has 0 saturated carbocycles. The zero-order valence-corrected chi connectivity index (χ0v) is 13.0. The van der Waals surface area contributed by atoms with Crippen molar-refractivity contribution in [2.45, 2.75) is 19.4 Å². The topological polar surface area (TPSA) is 21.3 Å². The van der Waals surface area contributed by atoms with Crippen LogP contribution in [0.5, 0.6) is 5.75 Å². The zero-order valence-electron chi connectivity index (χ0n) is 12.2. The number of hydrogen-bond donors (Lipinski definition) is 1. The van der Waals surface area contributed by atoms with E-state index in [0.717, 1.165) is 18.5 Å². The highest BCUT2D eigenvalue weighted by atomic mass is 35.5. The lowest BCUT2D eigenvalue weighted by molar-refractivity contribution is 0.410. The molecule has 0 aromatic heterocycles. The molecule has 0 aliphatic rings. The lowest BCUT2D eigenvalue weighted by atomic mass is 9.98. The van der Waals surface area contributed by atoms with Gasteiger partial charge in [-0.1, -0.05) is 36.7 Å². The number of nitrogens with one attached hydrogen (secondary N) is 1. The Morgan fingerprint density at radius 3 is 2.48 bits per heavy atom. The summed E-state index contributed by atoms with van der Waals surface area (Å²) in [5.41, 5.74) is 1.59. The lowest BCUT2D eigenvalue weighted by Crippen LogP contribution is -2.24. The average molecular weight is 308 g/mol. The summed E-state index contributed by atoms with van der Waals surface area (Å²) >= 11 is 5.93. The molecule has 2 rings (SSSR count). The summed E-state index contributed by atoms with van der Waals surface area (Å²) in [5.74, 6) is 0.236. The molecule has 0 aliphatic carbocycles. The molecule has 0 aliphatic heterocycles. The van der Waals surface area contributed by atoms with Gasteiger partial charge in [-0.2, -0.15) is 0 Å². The summed E-state index contributed by atoms with van der Waals surface area (Å²) in [4.78, 5) is 0. The van der Waals surface area contributed by atoms with Crippen LogP contribution in [0.4, 0.5) is 4.39 Å². The SMILES string of the molecule is CCCNC(c1ccc(Cl)cc1)c1ccc(OC)cc1F. The minimum atomic E-state index is -0.280. The maximum Gasteiger partial charge on any atom is 0.132 e. The van der Waals surface area contributed by atoms with Crippen LogP contribution >= 0.6 is 11.6 Å². The van der Waals surface area contributed by atoms with E-state index in [1.54, 1.807) is 12.1 Å². The van der Waals surface area contributed by atoms with Crippen molar-refractivity contribution in [3.8, 4) is 5.75 Å². The first kappa shape index (κ1) is 15.8. The minimum Gasteiger partial charge on any atom is -0.497 e. The number of rotatable bonds is 6. The number of methoxy groups -OCH3 is 1. The molecular formula is C17H19ClFNO. The molecule has 0 radical (unpaired) electrons. The summed E-state index contributed by atoms with van der Waals surface area (Å²) in [7, 11) is 1.53. The van der Waals surface area contributed by atoms with Crippen LogP contribution in [0.3, 0.4) is 0 Å². The van der Waals surface area contributed by atoms with Gasteiger partial charge in [-0.15, -0.1) is 0 Å². The molecule has 0 spiro atoms. The number of hydrogen-bond acceptors (Lipinski definition) is 2. The van der Waals surface area contributed by atoms with Crippen molar-refractivity contribution in [3.63, 3.8) is 0 Å². The summed E-state index contributed by atoms with van der Waals surface area (Å²) in [6.45, 7) is 2.88. The fourth-order valence-corrected chi connectivity index (χ4v) is 2.35. The van der Waals surface area contributed by atoms with Crippen LogP contribution in [0.15, 0.2) is 42.5 Å². The van der Waals surface area contributed by atoms with Gasteiger partial charge in [0.15, 0.2) is 0 Å². The van der Waals surface area contributed by atoms with Crippen molar-refractivity contribution in [1.82, 2.24) is 5.32 Å². The fourth-order valence-electron chi connectivity index (χ4n) is 2.22. The van der Waals surface area contributed by atoms with Crippen LogP contribution in [-0.4, -0.2) is 13.7 Å². The molecule has 0 amide bonds. The highest BCUT2D eigenvalue weighted by molar-refractivity contribution is 6.30. The van der Waals surface area contributed by atoms with E-state index in [0.29, 0.717) is 16.3 Å². The molecule has 2 aromatic rings. The number of benzene rings is 2. The van der Waals surface area contributed by atoms with Gasteiger partial charge in [0.1, 0.15) is 11.6 Å². The Balaban J connectivity index is 2.37. The molecule has 112 valence electrons. The van der Waals surface area contributed by atoms with Crippen LogP contribution in [-0.2, 0) is 0 Å². The van der Waals surface area contributed by atoms with E-state index in [1.165, 1.54) is 13.2 Å². The largest absolute Gasteiger partial charge is 0.497 e. The molecule has 1 atom stereocenters. The number of ether oxygens (including phenoxy) is 1. The Kier molecular flexibility index (Phi) is 5.59. The van der Waals surface area contributed by atoms with Crippen LogP contribution < -0.4 is 10.1 Å². The molecule has 4 heteroatoms. The molecule has 2 nitrogen and oxygen atoms in total. The zero-order chi connectivity index (χ0) is 15.2. The second-order valence-electron chi connectivity index (χ2n) is 4.83. The van der Waals surface area contributed by atoms with E-state index >= 15 is 0 Å². The van der Waals surface area contributed by atoms with Crippen molar-refractivity contribution in [3.05, 3.63) is 64.4 Å². The number of halogens is 2. The van der Waals surface area contributed by atoms with Gasteiger partial charge in [0.05, 0.1) is 13.2 Å². The van der Waals surface area contributed by atoms with Crippen molar-refractivity contribution in [2.24, 2.45) is 0 Å². The van der Waals surface area contributed by atoms with Gasteiger partial charge in [-0.3, -0.25) is 0 Å². The summed E-state index contributed by atoms with van der Waals surface area (Å²) in [6, 6.07) is 12.2. The Labute approximate surface area is 129 Å². The predicted octanol–water partition coefficient (Wildman–Crippen LogP) is 4.58. The first-order chi connectivity index (χ1) is 10.2. The third-order valence-corrected chi connectivity index (χ3v) is 3.57. The van der Waals surface area contributed by atoms with E-state index in [1.807, 2.05) is 24.3 Å². The van der Waals surface area contributed by atoms with Crippen molar-refractivity contribution >= 4 is 11.6 Å². The van der Waals surface area contributed by atoms with Crippen molar-refractivity contribution in [1.29, 1.82) is 0 Å².